The summed E-state index contributed by atoms with van der Waals surface area (Å²) in [6.45, 7) is 3.85. The lowest BCUT2D eigenvalue weighted by Crippen LogP contribution is -2.43. The molecule has 5 nitrogen and oxygen atoms in total. The van der Waals surface area contributed by atoms with E-state index in [0.717, 1.165) is 38.6 Å². The molecule has 0 heterocycles. The van der Waals surface area contributed by atoms with Crippen molar-refractivity contribution in [3.05, 3.63) is 206 Å². The maximum atomic E-state index is 13.7. The molecule has 0 spiro atoms. The van der Waals surface area contributed by atoms with Crippen molar-refractivity contribution in [1.82, 2.24) is 0 Å². The van der Waals surface area contributed by atoms with E-state index in [1.54, 1.807) is 0 Å². The molecule has 1 N–H and O–H groups in total. The zero-order chi connectivity index (χ0) is 36.5. The highest BCUT2D eigenvalue weighted by molar-refractivity contribution is 7.99. The fourth-order valence-electron chi connectivity index (χ4n) is 6.06. The number of aliphatic carboxylic acids is 1. The molecule has 7 aromatic rings. The number of carbonyl (C=O) groups is 1. The predicted molar refractivity (Wildman–Crippen MR) is 213 cm³/mol. The Morgan fingerprint density at radius 3 is 1.47 bits per heavy atom. The van der Waals surface area contributed by atoms with Gasteiger partial charge < -0.3 is 19.3 Å². The van der Waals surface area contributed by atoms with Crippen molar-refractivity contribution in [2.45, 2.75) is 10.5 Å². The molecule has 0 aliphatic rings. The van der Waals surface area contributed by atoms with Gasteiger partial charge >= 0.3 is 5.97 Å². The molecule has 0 bridgehead atoms. The molecule has 260 valence electrons. The van der Waals surface area contributed by atoms with Gasteiger partial charge in [-0.2, -0.15) is 0 Å². The van der Waals surface area contributed by atoms with Gasteiger partial charge in [0.2, 0.25) is 0 Å². The summed E-state index contributed by atoms with van der Waals surface area (Å²) in [6, 6.07) is 57.3. The molecule has 0 aliphatic heterocycles. The number of hydrogen-bond acceptors (Lipinski definition) is 5. The predicted octanol–water partition coefficient (Wildman–Crippen LogP) is 12.3. The van der Waals surface area contributed by atoms with Crippen molar-refractivity contribution in [3.63, 3.8) is 0 Å². The highest BCUT2D eigenvalue weighted by atomic mass is 32.2. The van der Waals surface area contributed by atoms with Crippen LogP contribution in [0.15, 0.2) is 200 Å². The number of thioether (sulfide) groups is 1. The van der Waals surface area contributed by atoms with Gasteiger partial charge in [-0.15, -0.1) is 18.3 Å². The average molecular weight is 713 g/mol. The molecule has 0 atom stereocenters. The van der Waals surface area contributed by atoms with Crippen LogP contribution in [0.4, 0.5) is 0 Å². The van der Waals surface area contributed by atoms with E-state index >= 15 is 0 Å². The maximum Gasteiger partial charge on any atom is 0.357 e. The first kappa shape index (κ1) is 34.9. The highest BCUT2D eigenvalue weighted by Crippen LogP contribution is 2.41. The molecule has 0 saturated heterocycles. The summed E-state index contributed by atoms with van der Waals surface area (Å²) < 4.78 is 18.9. The summed E-state index contributed by atoms with van der Waals surface area (Å²) in [4.78, 5) is 14.5. The number of rotatable bonds is 14. The second-order valence-electron chi connectivity index (χ2n) is 12.2. The first-order chi connectivity index (χ1) is 26.0. The number of carboxylic acids is 1. The van der Waals surface area contributed by atoms with E-state index in [0.29, 0.717) is 34.1 Å². The Bertz CT molecular complexity index is 2170. The first-order valence-electron chi connectivity index (χ1n) is 17.1. The lowest BCUT2D eigenvalue weighted by molar-refractivity contribution is -0.152. The van der Waals surface area contributed by atoms with Crippen molar-refractivity contribution < 1.29 is 24.1 Å². The third-order valence-corrected chi connectivity index (χ3v) is 9.70. The molecule has 53 heavy (non-hydrogen) atoms. The number of carboxylic acid groups (broad SMARTS) is 1. The summed E-state index contributed by atoms with van der Waals surface area (Å²) in [5.74, 6) is 2.86. The third-order valence-electron chi connectivity index (χ3n) is 8.65. The zero-order valence-corrected chi connectivity index (χ0v) is 29.6. The van der Waals surface area contributed by atoms with Crippen molar-refractivity contribution >= 4 is 17.7 Å². The van der Waals surface area contributed by atoms with Gasteiger partial charge in [0.05, 0.1) is 0 Å². The quantitative estimate of drug-likeness (QED) is 0.0894. The Kier molecular flexibility index (Phi) is 10.7. The fourth-order valence-corrected chi connectivity index (χ4v) is 6.79. The normalized spacial score (nSPS) is 11.0. The van der Waals surface area contributed by atoms with Crippen molar-refractivity contribution in [2.24, 2.45) is 0 Å². The molecule has 7 rings (SSSR count). The number of ether oxygens (including phenoxy) is 3. The largest absolute Gasteiger partial charge is 0.478 e. The van der Waals surface area contributed by atoms with Crippen LogP contribution >= 0.6 is 11.8 Å². The van der Waals surface area contributed by atoms with Crippen LogP contribution in [0, 0.1) is 0 Å². The summed E-state index contributed by atoms with van der Waals surface area (Å²) in [6.07, 6.45) is 1.81. The van der Waals surface area contributed by atoms with Crippen molar-refractivity contribution in [3.8, 4) is 51.0 Å². The summed E-state index contributed by atoms with van der Waals surface area (Å²) in [5.41, 5.74) is 2.74. The van der Waals surface area contributed by atoms with Crippen LogP contribution in [-0.2, 0) is 10.4 Å². The van der Waals surface area contributed by atoms with Gasteiger partial charge in [0.25, 0.3) is 5.60 Å². The van der Waals surface area contributed by atoms with E-state index < -0.39 is 11.6 Å². The summed E-state index contributed by atoms with van der Waals surface area (Å²) in [5, 5.41) is 11.2. The molecule has 0 aromatic heterocycles. The third kappa shape index (κ3) is 8.04. The lowest BCUT2D eigenvalue weighted by Gasteiger charge is -2.32. The van der Waals surface area contributed by atoms with Gasteiger partial charge in [-0.05, 0) is 82.9 Å². The average Bonchev–Trinajstić information content (AvgIpc) is 3.20. The van der Waals surface area contributed by atoms with E-state index in [1.165, 1.54) is 11.8 Å². The lowest BCUT2D eigenvalue weighted by atomic mass is 9.84. The Hall–Kier alpha value is -6.50. The first-order valence-corrected chi connectivity index (χ1v) is 18.1. The molecule has 0 saturated carbocycles. The zero-order valence-electron chi connectivity index (χ0n) is 28.8. The summed E-state index contributed by atoms with van der Waals surface area (Å²) in [7, 11) is 0. The smallest absolute Gasteiger partial charge is 0.357 e. The Balaban J connectivity index is 1.25. The number of hydrogen-bond donors (Lipinski definition) is 1. The second kappa shape index (κ2) is 16.2. The molecule has 0 aliphatic carbocycles. The Morgan fingerprint density at radius 1 is 0.547 bits per heavy atom. The maximum absolute atomic E-state index is 13.7. The molecular weight excluding hydrogens is 677 g/mol. The molecule has 0 unspecified atom stereocenters. The molecule has 0 fully saturated rings. The van der Waals surface area contributed by atoms with Gasteiger partial charge in [-0.3, -0.25) is 0 Å². The fraction of sp³-hybridized carbons (Fsp3) is 0.0426. The number of para-hydroxylation sites is 3. The highest BCUT2D eigenvalue weighted by Gasteiger charge is 2.46. The summed E-state index contributed by atoms with van der Waals surface area (Å²) >= 11 is 1.53. The van der Waals surface area contributed by atoms with E-state index in [2.05, 4.69) is 6.58 Å². The van der Waals surface area contributed by atoms with Gasteiger partial charge in [0, 0.05) is 21.8 Å². The minimum atomic E-state index is -1.88. The Morgan fingerprint density at radius 2 is 1.00 bits per heavy atom. The van der Waals surface area contributed by atoms with Crippen molar-refractivity contribution in [1.29, 1.82) is 0 Å². The molecule has 0 radical (unpaired) electrons. The van der Waals surface area contributed by atoms with E-state index in [-0.39, 0.29) is 0 Å². The van der Waals surface area contributed by atoms with Gasteiger partial charge in [-0.1, -0.05) is 127 Å². The SMILES string of the molecule is C=CCSc1ccccc1OC(C(=O)O)(c1ccc(-c2cccc(Oc3ccccc3)c2)cc1)c1ccc(-c2cccc(Oc3ccccc3)c2)cc1. The molecule has 7 aromatic carbocycles. The molecule has 6 heteroatoms. The van der Waals surface area contributed by atoms with Crippen LogP contribution in [0.25, 0.3) is 22.3 Å². The van der Waals surface area contributed by atoms with Crippen LogP contribution in [-0.4, -0.2) is 16.8 Å². The topological polar surface area (TPSA) is 65.0 Å². The Labute approximate surface area is 313 Å². The monoisotopic (exact) mass is 712 g/mol. The van der Waals surface area contributed by atoms with E-state index in [1.807, 2.05) is 188 Å². The van der Waals surface area contributed by atoms with Gasteiger partial charge in [-0.25, -0.2) is 4.79 Å². The van der Waals surface area contributed by atoms with Crippen LogP contribution in [0.3, 0.4) is 0 Å². The standard InChI is InChI=1S/C47H36O5S/c1-2-31-53-45-22-10-9-21-44(45)52-47(46(48)49,38-27-23-34(24-28-38)36-13-11-19-42(32-36)50-40-15-5-3-6-16-40)39-29-25-35(26-30-39)37-14-12-20-43(33-37)51-41-17-7-4-8-18-41/h2-30,32-33H,1,31H2,(H,48,49). The van der Waals surface area contributed by atoms with Gasteiger partial charge in [0.1, 0.15) is 28.7 Å². The van der Waals surface area contributed by atoms with Crippen LogP contribution < -0.4 is 14.2 Å². The molecule has 0 amide bonds. The molecular formula is C47H36O5S. The van der Waals surface area contributed by atoms with Gasteiger partial charge in [0.15, 0.2) is 0 Å². The van der Waals surface area contributed by atoms with Crippen LogP contribution in [0.5, 0.6) is 28.7 Å². The van der Waals surface area contributed by atoms with Crippen LogP contribution in [0.1, 0.15) is 11.1 Å². The minimum absolute atomic E-state index is 0.464. The van der Waals surface area contributed by atoms with Crippen LogP contribution in [0.2, 0.25) is 0 Å². The van der Waals surface area contributed by atoms with E-state index in [9.17, 15) is 9.90 Å². The van der Waals surface area contributed by atoms with E-state index in [4.69, 9.17) is 14.2 Å². The second-order valence-corrected chi connectivity index (χ2v) is 13.2. The number of benzene rings is 7. The minimum Gasteiger partial charge on any atom is -0.478 e. The van der Waals surface area contributed by atoms with Crippen molar-refractivity contribution in [2.75, 3.05) is 5.75 Å².